The summed E-state index contributed by atoms with van der Waals surface area (Å²) in [6.07, 6.45) is 2.39. The first-order chi connectivity index (χ1) is 7.63. The van der Waals surface area contributed by atoms with Gasteiger partial charge in [-0.05, 0) is 36.2 Å². The molecule has 0 aliphatic carbocycles. The summed E-state index contributed by atoms with van der Waals surface area (Å²) in [4.78, 5) is 0. The quantitative estimate of drug-likeness (QED) is 0.927. The largest absolute Gasteiger partial charge is 0.386 e. The molecule has 1 fully saturated rings. The summed E-state index contributed by atoms with van der Waals surface area (Å²) in [5.41, 5.74) is 0.866. The minimum Gasteiger partial charge on any atom is -0.386 e. The highest BCUT2D eigenvalue weighted by molar-refractivity contribution is 9.10. The number of ether oxygens (including phenoxy) is 1. The molecule has 1 aromatic rings. The Morgan fingerprint density at radius 2 is 2.50 bits per heavy atom. The molecule has 0 spiro atoms. The third kappa shape index (κ3) is 2.17. The van der Waals surface area contributed by atoms with Crippen molar-refractivity contribution in [3.05, 3.63) is 16.4 Å². The van der Waals surface area contributed by atoms with Crippen molar-refractivity contribution in [3.8, 4) is 0 Å². The topological polar surface area (TPSA) is 47.3 Å². The van der Waals surface area contributed by atoms with Crippen LogP contribution in [0.15, 0.2) is 10.7 Å². The van der Waals surface area contributed by atoms with Crippen LogP contribution in [0.2, 0.25) is 0 Å². The van der Waals surface area contributed by atoms with Gasteiger partial charge in [-0.3, -0.25) is 4.68 Å². The third-order valence-corrected chi connectivity index (χ3v) is 3.70. The van der Waals surface area contributed by atoms with Crippen LogP contribution in [0.5, 0.6) is 0 Å². The fraction of sp³-hybridized carbons (Fsp3) is 0.727. The van der Waals surface area contributed by atoms with Crippen molar-refractivity contribution in [3.63, 3.8) is 0 Å². The van der Waals surface area contributed by atoms with Crippen molar-refractivity contribution in [2.75, 3.05) is 6.61 Å². The van der Waals surface area contributed by atoms with E-state index in [9.17, 15) is 5.11 Å². The third-order valence-electron chi connectivity index (χ3n) is 3.09. The molecule has 0 amide bonds. The maximum atomic E-state index is 10.3. The Balaban J connectivity index is 2.19. The molecular formula is C11H17BrN2O2. The minimum atomic E-state index is -0.498. The zero-order valence-corrected chi connectivity index (χ0v) is 11.1. The lowest BCUT2D eigenvalue weighted by Crippen LogP contribution is -2.17. The second-order valence-electron chi connectivity index (χ2n) is 4.28. The zero-order valence-electron chi connectivity index (χ0n) is 9.56. The molecule has 0 bridgehead atoms. The van der Waals surface area contributed by atoms with Gasteiger partial charge in [0.2, 0.25) is 0 Å². The van der Waals surface area contributed by atoms with Crippen molar-refractivity contribution in [1.82, 2.24) is 9.78 Å². The lowest BCUT2D eigenvalue weighted by atomic mass is 9.97. The van der Waals surface area contributed by atoms with Crippen molar-refractivity contribution in [2.45, 2.75) is 39.0 Å². The standard InChI is InChI=1S/C11H17BrN2O2/c1-3-14-10(9(12)5-13-14)11(15)8-4-7(2)16-6-8/h5,7-8,11,15H,3-4,6H2,1-2H3. The molecule has 0 saturated carbocycles. The average molecular weight is 289 g/mol. The van der Waals surface area contributed by atoms with Crippen molar-refractivity contribution in [2.24, 2.45) is 5.92 Å². The van der Waals surface area contributed by atoms with Crippen molar-refractivity contribution in [1.29, 1.82) is 0 Å². The monoisotopic (exact) mass is 288 g/mol. The molecule has 1 aromatic heterocycles. The summed E-state index contributed by atoms with van der Waals surface area (Å²) in [6.45, 7) is 5.45. The summed E-state index contributed by atoms with van der Waals surface area (Å²) < 4.78 is 8.20. The van der Waals surface area contributed by atoms with Crippen LogP contribution >= 0.6 is 15.9 Å². The van der Waals surface area contributed by atoms with E-state index in [1.165, 1.54) is 0 Å². The number of nitrogens with zero attached hydrogens (tertiary/aromatic N) is 2. The van der Waals surface area contributed by atoms with E-state index in [1.807, 2.05) is 18.5 Å². The molecule has 5 heteroatoms. The summed E-state index contributed by atoms with van der Waals surface area (Å²) in [7, 11) is 0. The lowest BCUT2D eigenvalue weighted by molar-refractivity contribution is 0.0749. The Kier molecular flexibility index (Phi) is 3.66. The van der Waals surface area contributed by atoms with E-state index in [4.69, 9.17) is 4.74 Å². The number of hydrogen-bond acceptors (Lipinski definition) is 3. The molecular weight excluding hydrogens is 272 g/mol. The first-order valence-electron chi connectivity index (χ1n) is 5.64. The first-order valence-corrected chi connectivity index (χ1v) is 6.43. The maximum absolute atomic E-state index is 10.3. The van der Waals surface area contributed by atoms with E-state index in [1.54, 1.807) is 6.20 Å². The van der Waals surface area contributed by atoms with Crippen molar-refractivity contribution >= 4 is 15.9 Å². The van der Waals surface area contributed by atoms with Gasteiger partial charge in [-0.2, -0.15) is 5.10 Å². The van der Waals surface area contributed by atoms with E-state index >= 15 is 0 Å². The molecule has 2 rings (SSSR count). The summed E-state index contributed by atoms with van der Waals surface area (Å²) in [5.74, 6) is 0.174. The molecule has 1 saturated heterocycles. The van der Waals surface area contributed by atoms with Gasteiger partial charge in [0.1, 0.15) is 6.10 Å². The molecule has 90 valence electrons. The minimum absolute atomic E-state index is 0.174. The molecule has 1 aliphatic rings. The summed E-state index contributed by atoms with van der Waals surface area (Å²) >= 11 is 3.44. The van der Waals surface area contributed by atoms with Gasteiger partial charge in [0.05, 0.1) is 29.1 Å². The second kappa shape index (κ2) is 4.85. The number of aromatic nitrogens is 2. The van der Waals surface area contributed by atoms with E-state index < -0.39 is 6.10 Å². The molecule has 1 aliphatic heterocycles. The molecule has 16 heavy (non-hydrogen) atoms. The van der Waals surface area contributed by atoms with E-state index in [0.717, 1.165) is 23.1 Å². The Hall–Kier alpha value is -0.390. The fourth-order valence-corrected chi connectivity index (χ4v) is 2.74. The van der Waals surface area contributed by atoms with Crippen LogP contribution in [0.4, 0.5) is 0 Å². The number of rotatable bonds is 3. The highest BCUT2D eigenvalue weighted by Crippen LogP contribution is 2.34. The Morgan fingerprint density at radius 3 is 3.06 bits per heavy atom. The van der Waals surface area contributed by atoms with Gasteiger partial charge in [-0.25, -0.2) is 0 Å². The normalized spacial score (nSPS) is 27.2. The predicted octanol–water partition coefficient (Wildman–Crippen LogP) is 2.12. The van der Waals surface area contributed by atoms with Crippen LogP contribution in [-0.4, -0.2) is 27.6 Å². The van der Waals surface area contributed by atoms with E-state index in [0.29, 0.717) is 6.61 Å². The van der Waals surface area contributed by atoms with Crippen LogP contribution in [0.1, 0.15) is 32.1 Å². The lowest BCUT2D eigenvalue weighted by Gasteiger charge is -2.18. The van der Waals surface area contributed by atoms with Gasteiger partial charge in [0.15, 0.2) is 0 Å². The Morgan fingerprint density at radius 1 is 1.75 bits per heavy atom. The highest BCUT2D eigenvalue weighted by atomic mass is 79.9. The van der Waals surface area contributed by atoms with Crippen LogP contribution < -0.4 is 0 Å². The average Bonchev–Trinajstić information content (AvgIpc) is 2.83. The predicted molar refractivity (Wildman–Crippen MR) is 64.1 cm³/mol. The van der Waals surface area contributed by atoms with Crippen molar-refractivity contribution < 1.29 is 9.84 Å². The molecule has 0 radical (unpaired) electrons. The highest BCUT2D eigenvalue weighted by Gasteiger charge is 2.32. The van der Waals surface area contributed by atoms with Crippen LogP contribution in [-0.2, 0) is 11.3 Å². The second-order valence-corrected chi connectivity index (χ2v) is 5.13. The number of hydrogen-bond donors (Lipinski definition) is 1. The summed E-state index contributed by atoms with van der Waals surface area (Å²) in [5, 5.41) is 14.6. The Labute approximate surface area is 104 Å². The fourth-order valence-electron chi connectivity index (χ4n) is 2.21. The zero-order chi connectivity index (χ0) is 11.7. The number of aliphatic hydroxyl groups is 1. The molecule has 3 unspecified atom stereocenters. The molecule has 2 heterocycles. The van der Waals surface area contributed by atoms with Gasteiger partial charge < -0.3 is 9.84 Å². The van der Waals surface area contributed by atoms with Gasteiger partial charge >= 0.3 is 0 Å². The van der Waals surface area contributed by atoms with E-state index in [-0.39, 0.29) is 12.0 Å². The van der Waals surface area contributed by atoms with Gasteiger partial charge in [-0.1, -0.05) is 0 Å². The number of aliphatic hydroxyl groups excluding tert-OH is 1. The van der Waals surface area contributed by atoms with Crippen LogP contribution in [0, 0.1) is 5.92 Å². The number of halogens is 1. The smallest absolute Gasteiger partial charge is 0.102 e. The SMILES string of the molecule is CCn1ncc(Br)c1C(O)C1COC(C)C1. The number of aryl methyl sites for hydroxylation is 1. The maximum Gasteiger partial charge on any atom is 0.102 e. The molecule has 3 atom stereocenters. The first kappa shape index (κ1) is 12.1. The van der Waals surface area contributed by atoms with Gasteiger partial charge in [-0.15, -0.1) is 0 Å². The van der Waals surface area contributed by atoms with E-state index in [2.05, 4.69) is 21.0 Å². The molecule has 4 nitrogen and oxygen atoms in total. The van der Waals surface area contributed by atoms with Crippen LogP contribution in [0.3, 0.4) is 0 Å². The molecule has 1 N–H and O–H groups in total. The summed E-state index contributed by atoms with van der Waals surface area (Å²) in [6, 6.07) is 0. The Bertz CT molecular complexity index is 367. The molecule has 0 aromatic carbocycles. The van der Waals surface area contributed by atoms with Crippen LogP contribution in [0.25, 0.3) is 0 Å². The van der Waals surface area contributed by atoms with Gasteiger partial charge in [0.25, 0.3) is 0 Å². The van der Waals surface area contributed by atoms with Gasteiger partial charge in [0, 0.05) is 12.5 Å².